The number of rotatable bonds is 10. The number of esters is 1. The van der Waals surface area contributed by atoms with Gasteiger partial charge in [-0.2, -0.15) is 5.10 Å². The van der Waals surface area contributed by atoms with Gasteiger partial charge in [0, 0.05) is 40.9 Å². The molecule has 0 radical (unpaired) electrons. The highest BCUT2D eigenvalue weighted by molar-refractivity contribution is 7.20. The summed E-state index contributed by atoms with van der Waals surface area (Å²) in [4.78, 5) is 33.7. The first kappa shape index (κ1) is 27.5. The van der Waals surface area contributed by atoms with Crippen LogP contribution < -0.4 is 4.90 Å². The molecule has 0 saturated carbocycles. The maximum atomic E-state index is 13.8. The van der Waals surface area contributed by atoms with Crippen molar-refractivity contribution in [2.75, 3.05) is 12.0 Å². The largest absolute Gasteiger partial charge is 0.465 e. The minimum absolute atomic E-state index is 0.0671. The first-order valence-corrected chi connectivity index (χ1v) is 14.0. The average Bonchev–Trinajstić information content (AvgIpc) is 3.53. The van der Waals surface area contributed by atoms with Crippen molar-refractivity contribution in [3.05, 3.63) is 60.4 Å². The monoisotopic (exact) mass is 532 g/mol. The third kappa shape index (κ3) is 5.80. The van der Waals surface area contributed by atoms with E-state index in [1.807, 2.05) is 62.5 Å². The Bertz CT molecular complexity index is 1370. The smallest absolute Gasteiger partial charge is 0.340 e. The summed E-state index contributed by atoms with van der Waals surface area (Å²) in [5.74, 6) is 0.0701. The van der Waals surface area contributed by atoms with Crippen LogP contribution in [0.15, 0.2) is 54.9 Å². The van der Waals surface area contributed by atoms with Crippen molar-refractivity contribution in [3.8, 4) is 21.7 Å². The summed E-state index contributed by atoms with van der Waals surface area (Å²) in [5.41, 5.74) is 3.97. The molecule has 0 N–H and O–H groups in total. The molecular formula is C30H36N4O3S. The summed E-state index contributed by atoms with van der Waals surface area (Å²) < 4.78 is 6.87. The molecule has 1 atom stereocenters. The lowest BCUT2D eigenvalue weighted by atomic mass is 9.94. The highest BCUT2D eigenvalue weighted by atomic mass is 32.1. The quantitative estimate of drug-likeness (QED) is 0.203. The first-order chi connectivity index (χ1) is 18.2. The molecule has 3 aromatic heterocycles. The van der Waals surface area contributed by atoms with Crippen molar-refractivity contribution in [2.45, 2.75) is 59.9 Å². The van der Waals surface area contributed by atoms with Gasteiger partial charge in [0.2, 0.25) is 5.91 Å². The molecule has 0 bridgehead atoms. The summed E-state index contributed by atoms with van der Waals surface area (Å²) in [7, 11) is 1.38. The lowest BCUT2D eigenvalue weighted by molar-refractivity contribution is -0.123. The second kappa shape index (κ2) is 11.9. The van der Waals surface area contributed by atoms with Gasteiger partial charge in [0.1, 0.15) is 5.00 Å². The fraction of sp³-hybridized carbons (Fsp3) is 0.400. The minimum atomic E-state index is -0.440. The van der Waals surface area contributed by atoms with Gasteiger partial charge in [-0.1, -0.05) is 51.5 Å². The van der Waals surface area contributed by atoms with E-state index in [-0.39, 0.29) is 17.9 Å². The number of nitrogens with zero attached hydrogens (tertiary/aromatic N) is 4. The van der Waals surface area contributed by atoms with Gasteiger partial charge in [-0.3, -0.25) is 4.79 Å². The maximum Gasteiger partial charge on any atom is 0.340 e. The molecule has 0 aliphatic carbocycles. The SMILES string of the molecule is CCC(CCC(C)C)C(=O)N(c1sc(-c2ccc(-c3cc4ncccn4n3)cc2)cc1C(=O)OC)C(C)C. The van der Waals surface area contributed by atoms with E-state index >= 15 is 0 Å². The Balaban J connectivity index is 1.68. The van der Waals surface area contributed by atoms with E-state index in [0.717, 1.165) is 46.6 Å². The number of ether oxygens (including phenoxy) is 1. The molecule has 8 heteroatoms. The zero-order chi connectivity index (χ0) is 27.4. The molecule has 0 aliphatic heterocycles. The number of amides is 1. The standard InChI is InChI=1S/C30H36N4O3S/c1-7-21(10-9-19(2)3)28(35)34(20(4)5)29-24(30(36)37-6)17-26(38-29)23-13-11-22(12-14-23)25-18-27-31-15-8-16-33(27)32-25/h8,11-21H,7,9-10H2,1-6H3. The Morgan fingerprint density at radius 2 is 1.76 bits per heavy atom. The second-order valence-corrected chi connectivity index (χ2v) is 11.3. The third-order valence-electron chi connectivity index (χ3n) is 6.73. The summed E-state index contributed by atoms with van der Waals surface area (Å²) >= 11 is 1.45. The fourth-order valence-electron chi connectivity index (χ4n) is 4.56. The lowest BCUT2D eigenvalue weighted by Gasteiger charge is -2.30. The zero-order valence-electron chi connectivity index (χ0n) is 23.0. The highest BCUT2D eigenvalue weighted by Gasteiger charge is 2.31. The molecule has 200 valence electrons. The van der Waals surface area contributed by atoms with E-state index in [0.29, 0.717) is 16.5 Å². The molecular weight excluding hydrogens is 496 g/mol. The van der Waals surface area contributed by atoms with Gasteiger partial charge >= 0.3 is 5.97 Å². The van der Waals surface area contributed by atoms with E-state index in [9.17, 15) is 9.59 Å². The van der Waals surface area contributed by atoms with Crippen LogP contribution >= 0.6 is 11.3 Å². The molecule has 1 unspecified atom stereocenters. The fourth-order valence-corrected chi connectivity index (χ4v) is 5.85. The number of thiophene rings is 1. The van der Waals surface area contributed by atoms with Gasteiger partial charge in [0.15, 0.2) is 5.65 Å². The highest BCUT2D eigenvalue weighted by Crippen LogP contribution is 2.40. The Morgan fingerprint density at radius 3 is 2.37 bits per heavy atom. The van der Waals surface area contributed by atoms with Crippen molar-refractivity contribution in [3.63, 3.8) is 0 Å². The van der Waals surface area contributed by atoms with Crippen molar-refractivity contribution in [1.29, 1.82) is 0 Å². The molecule has 0 spiro atoms. The molecule has 1 amide bonds. The van der Waals surface area contributed by atoms with E-state index in [1.54, 1.807) is 15.6 Å². The lowest BCUT2D eigenvalue weighted by Crippen LogP contribution is -2.41. The Hall–Kier alpha value is -3.52. The van der Waals surface area contributed by atoms with Gasteiger partial charge in [0.25, 0.3) is 0 Å². The number of methoxy groups -OCH3 is 1. The second-order valence-electron chi connectivity index (χ2n) is 10.2. The number of fused-ring (bicyclic) bond motifs is 1. The molecule has 0 saturated heterocycles. The maximum absolute atomic E-state index is 13.8. The molecule has 0 aliphatic rings. The third-order valence-corrected chi connectivity index (χ3v) is 7.91. The molecule has 4 rings (SSSR count). The van der Waals surface area contributed by atoms with Crippen LogP contribution in [0, 0.1) is 11.8 Å². The first-order valence-electron chi connectivity index (χ1n) is 13.2. The summed E-state index contributed by atoms with van der Waals surface area (Å²) in [6.07, 6.45) is 6.21. The van der Waals surface area contributed by atoms with Crippen LogP contribution in [-0.4, -0.2) is 39.6 Å². The number of aromatic nitrogens is 3. The number of hydrogen-bond acceptors (Lipinski definition) is 6. The molecule has 3 heterocycles. The summed E-state index contributed by atoms with van der Waals surface area (Å²) in [5, 5.41) is 5.25. The number of carbonyl (C=O) groups excluding carboxylic acids is 2. The summed E-state index contributed by atoms with van der Waals surface area (Å²) in [6, 6.07) is 13.6. The average molecular weight is 533 g/mol. The van der Waals surface area contributed by atoms with Crippen LogP contribution in [0.2, 0.25) is 0 Å². The number of anilines is 1. The molecule has 7 nitrogen and oxygen atoms in total. The van der Waals surface area contributed by atoms with Crippen LogP contribution in [-0.2, 0) is 9.53 Å². The van der Waals surface area contributed by atoms with Crippen LogP contribution in [0.5, 0.6) is 0 Å². The van der Waals surface area contributed by atoms with Crippen LogP contribution in [0.4, 0.5) is 5.00 Å². The number of hydrogen-bond donors (Lipinski definition) is 0. The van der Waals surface area contributed by atoms with E-state index < -0.39 is 5.97 Å². The Labute approximate surface area is 228 Å². The van der Waals surface area contributed by atoms with Gasteiger partial charge in [-0.15, -0.1) is 11.3 Å². The van der Waals surface area contributed by atoms with Crippen molar-refractivity contribution < 1.29 is 14.3 Å². The molecule has 38 heavy (non-hydrogen) atoms. The van der Waals surface area contributed by atoms with Gasteiger partial charge in [-0.25, -0.2) is 14.3 Å². The van der Waals surface area contributed by atoms with Crippen LogP contribution in [0.1, 0.15) is 64.2 Å². The molecule has 0 fully saturated rings. The van der Waals surface area contributed by atoms with Gasteiger partial charge in [-0.05, 0) is 50.3 Å². The Morgan fingerprint density at radius 1 is 1.05 bits per heavy atom. The van der Waals surface area contributed by atoms with E-state index in [2.05, 4.69) is 30.9 Å². The van der Waals surface area contributed by atoms with Crippen molar-refractivity contribution >= 4 is 33.9 Å². The zero-order valence-corrected chi connectivity index (χ0v) is 23.8. The topological polar surface area (TPSA) is 76.8 Å². The number of benzene rings is 1. The number of carbonyl (C=O) groups is 2. The van der Waals surface area contributed by atoms with Crippen molar-refractivity contribution in [1.82, 2.24) is 14.6 Å². The van der Waals surface area contributed by atoms with E-state index in [4.69, 9.17) is 4.74 Å². The van der Waals surface area contributed by atoms with Crippen molar-refractivity contribution in [2.24, 2.45) is 11.8 Å². The van der Waals surface area contributed by atoms with Gasteiger partial charge < -0.3 is 9.64 Å². The molecule has 4 aromatic rings. The van der Waals surface area contributed by atoms with E-state index in [1.165, 1.54) is 18.4 Å². The van der Waals surface area contributed by atoms with Crippen LogP contribution in [0.3, 0.4) is 0 Å². The molecule has 1 aromatic carbocycles. The van der Waals surface area contributed by atoms with Gasteiger partial charge in [0.05, 0.1) is 18.4 Å². The predicted octanol–water partition coefficient (Wildman–Crippen LogP) is 7.12. The van der Waals surface area contributed by atoms with Crippen LogP contribution in [0.25, 0.3) is 27.3 Å². The summed E-state index contributed by atoms with van der Waals surface area (Å²) in [6.45, 7) is 10.4. The predicted molar refractivity (Wildman–Crippen MR) is 154 cm³/mol. The normalized spacial score (nSPS) is 12.3. The minimum Gasteiger partial charge on any atom is -0.465 e. The Kier molecular flexibility index (Phi) is 8.62.